The van der Waals surface area contributed by atoms with Gasteiger partial charge in [-0.2, -0.15) is 0 Å². The van der Waals surface area contributed by atoms with Crippen LogP contribution in [-0.4, -0.2) is 24.1 Å². The van der Waals surface area contributed by atoms with Crippen molar-refractivity contribution >= 4 is 5.97 Å². The predicted octanol–water partition coefficient (Wildman–Crippen LogP) is 2.02. The molecule has 0 aliphatic heterocycles. The molecule has 0 radical (unpaired) electrons. The average molecular weight is 260 g/mol. The van der Waals surface area contributed by atoms with Crippen molar-refractivity contribution in [2.75, 3.05) is 13.2 Å². The van der Waals surface area contributed by atoms with Crippen LogP contribution in [0.15, 0.2) is 35.1 Å². The first-order valence-electron chi connectivity index (χ1n) is 6.16. The second-order valence-electron chi connectivity index (χ2n) is 3.99. The topological polar surface area (TPSA) is 78.3 Å². The lowest BCUT2D eigenvalue weighted by Crippen LogP contribution is -2.06. The van der Waals surface area contributed by atoms with Crippen LogP contribution >= 0.6 is 0 Å². The van der Waals surface area contributed by atoms with E-state index in [1.54, 1.807) is 6.92 Å². The zero-order chi connectivity index (χ0) is 13.7. The van der Waals surface area contributed by atoms with E-state index in [0.29, 0.717) is 18.9 Å². The molecule has 2 aromatic rings. The van der Waals surface area contributed by atoms with Gasteiger partial charge in [-0.15, -0.1) is 0 Å². The summed E-state index contributed by atoms with van der Waals surface area (Å²) in [5.74, 6) is -0.0463. The summed E-state index contributed by atoms with van der Waals surface area (Å²) in [6, 6.07) is 7.68. The smallest absolute Gasteiger partial charge is 0.360 e. The lowest BCUT2D eigenvalue weighted by Gasteiger charge is -2.03. The Morgan fingerprint density at radius 2 is 2.11 bits per heavy atom. The van der Waals surface area contributed by atoms with Gasteiger partial charge in [0.25, 0.3) is 0 Å². The first-order valence-corrected chi connectivity index (χ1v) is 6.16. The summed E-state index contributed by atoms with van der Waals surface area (Å²) in [4.78, 5) is 15.6. The van der Waals surface area contributed by atoms with E-state index < -0.39 is 5.97 Å². The maximum absolute atomic E-state index is 11.7. The summed E-state index contributed by atoms with van der Waals surface area (Å²) in [7, 11) is 0. The number of hydrogen-bond donors (Lipinski definition) is 1. The molecule has 0 bridgehead atoms. The van der Waals surface area contributed by atoms with Crippen molar-refractivity contribution in [1.29, 1.82) is 0 Å². The molecule has 0 atom stereocenters. The van der Waals surface area contributed by atoms with Gasteiger partial charge < -0.3 is 14.9 Å². The van der Waals surface area contributed by atoms with E-state index in [4.69, 9.17) is 14.9 Å². The standard InChI is InChI=1S/C14H16N2O3/c1-2-18-14(17)12-13(19-9-16-12)11-5-3-10(4-6-11)7-8-15/h3-6,9H,2,7-8,15H2,1H3. The van der Waals surface area contributed by atoms with Gasteiger partial charge in [-0.1, -0.05) is 24.3 Å². The summed E-state index contributed by atoms with van der Waals surface area (Å²) in [6.45, 7) is 2.66. The van der Waals surface area contributed by atoms with Crippen molar-refractivity contribution in [2.24, 2.45) is 5.73 Å². The van der Waals surface area contributed by atoms with Gasteiger partial charge >= 0.3 is 5.97 Å². The van der Waals surface area contributed by atoms with Crippen molar-refractivity contribution in [3.05, 3.63) is 41.9 Å². The Morgan fingerprint density at radius 3 is 2.74 bits per heavy atom. The van der Waals surface area contributed by atoms with Crippen molar-refractivity contribution in [3.63, 3.8) is 0 Å². The van der Waals surface area contributed by atoms with Crippen molar-refractivity contribution in [2.45, 2.75) is 13.3 Å². The largest absolute Gasteiger partial charge is 0.461 e. The molecule has 0 unspecified atom stereocenters. The molecule has 0 spiro atoms. The highest BCUT2D eigenvalue weighted by Crippen LogP contribution is 2.24. The summed E-state index contributed by atoms with van der Waals surface area (Å²) >= 11 is 0. The van der Waals surface area contributed by atoms with Crippen molar-refractivity contribution < 1.29 is 13.9 Å². The van der Waals surface area contributed by atoms with Crippen LogP contribution in [0.3, 0.4) is 0 Å². The monoisotopic (exact) mass is 260 g/mol. The fourth-order valence-corrected chi connectivity index (χ4v) is 1.79. The van der Waals surface area contributed by atoms with Gasteiger partial charge in [0.1, 0.15) is 0 Å². The van der Waals surface area contributed by atoms with E-state index in [-0.39, 0.29) is 5.69 Å². The van der Waals surface area contributed by atoms with Crippen LogP contribution in [0, 0.1) is 0 Å². The van der Waals surface area contributed by atoms with Gasteiger partial charge in [-0.05, 0) is 25.5 Å². The molecule has 0 fully saturated rings. The minimum atomic E-state index is -0.475. The van der Waals surface area contributed by atoms with Crippen LogP contribution in [0.1, 0.15) is 23.0 Å². The fourth-order valence-electron chi connectivity index (χ4n) is 1.79. The van der Waals surface area contributed by atoms with Gasteiger partial charge in [0.05, 0.1) is 6.61 Å². The second kappa shape index (κ2) is 6.15. The first kappa shape index (κ1) is 13.3. The van der Waals surface area contributed by atoms with E-state index in [1.165, 1.54) is 6.39 Å². The molecule has 19 heavy (non-hydrogen) atoms. The van der Waals surface area contributed by atoms with E-state index >= 15 is 0 Å². The number of oxazole rings is 1. The van der Waals surface area contributed by atoms with Gasteiger partial charge in [0.2, 0.25) is 0 Å². The Bertz CT molecular complexity index is 546. The van der Waals surface area contributed by atoms with Gasteiger partial charge in [-0.3, -0.25) is 0 Å². The number of nitrogens with two attached hydrogens (primary N) is 1. The highest BCUT2D eigenvalue weighted by Gasteiger charge is 2.19. The molecular formula is C14H16N2O3. The summed E-state index contributed by atoms with van der Waals surface area (Å²) in [5.41, 5.74) is 7.64. The zero-order valence-electron chi connectivity index (χ0n) is 10.8. The third kappa shape index (κ3) is 3.00. The highest BCUT2D eigenvalue weighted by atomic mass is 16.5. The number of hydrogen-bond acceptors (Lipinski definition) is 5. The van der Waals surface area contributed by atoms with E-state index in [1.807, 2.05) is 24.3 Å². The average Bonchev–Trinajstić information content (AvgIpc) is 2.89. The van der Waals surface area contributed by atoms with Crippen LogP contribution in [0.5, 0.6) is 0 Å². The number of esters is 1. The Balaban J connectivity index is 2.26. The Kier molecular flexibility index (Phi) is 4.30. The minimum Gasteiger partial charge on any atom is -0.461 e. The van der Waals surface area contributed by atoms with Crippen molar-refractivity contribution in [1.82, 2.24) is 4.98 Å². The lowest BCUT2D eigenvalue weighted by molar-refractivity contribution is 0.0520. The molecule has 0 aliphatic carbocycles. The third-order valence-electron chi connectivity index (χ3n) is 2.69. The molecule has 0 amide bonds. The maximum Gasteiger partial charge on any atom is 0.360 e. The van der Waals surface area contributed by atoms with E-state index in [9.17, 15) is 4.79 Å². The number of carbonyl (C=O) groups excluding carboxylic acids is 1. The van der Waals surface area contributed by atoms with Gasteiger partial charge in [-0.25, -0.2) is 9.78 Å². The Morgan fingerprint density at radius 1 is 1.37 bits per heavy atom. The number of carbonyl (C=O) groups is 1. The molecule has 0 saturated carbocycles. The Labute approximate surface area is 111 Å². The first-order chi connectivity index (χ1) is 9.26. The number of ether oxygens (including phenoxy) is 1. The molecule has 0 saturated heterocycles. The molecule has 5 heteroatoms. The number of rotatable bonds is 5. The number of benzene rings is 1. The summed E-state index contributed by atoms with van der Waals surface area (Å²) < 4.78 is 10.2. The van der Waals surface area contributed by atoms with Gasteiger partial charge in [0.15, 0.2) is 17.8 Å². The molecule has 2 rings (SSSR count). The van der Waals surface area contributed by atoms with Crippen molar-refractivity contribution in [3.8, 4) is 11.3 Å². The molecule has 0 aliphatic rings. The quantitative estimate of drug-likeness (QED) is 0.832. The summed E-state index contributed by atoms with van der Waals surface area (Å²) in [6.07, 6.45) is 2.07. The van der Waals surface area contributed by atoms with Gasteiger partial charge in [0, 0.05) is 5.56 Å². The molecule has 1 heterocycles. The minimum absolute atomic E-state index is 0.202. The Hall–Kier alpha value is -2.14. The molecule has 2 N–H and O–H groups in total. The maximum atomic E-state index is 11.7. The molecule has 100 valence electrons. The molecule has 1 aromatic carbocycles. The zero-order valence-corrected chi connectivity index (χ0v) is 10.8. The third-order valence-corrected chi connectivity index (χ3v) is 2.69. The van der Waals surface area contributed by atoms with E-state index in [0.717, 1.165) is 17.5 Å². The number of nitrogens with zero attached hydrogens (tertiary/aromatic N) is 1. The SMILES string of the molecule is CCOC(=O)c1ncoc1-c1ccc(CCN)cc1. The molecule has 1 aromatic heterocycles. The van der Waals surface area contributed by atoms with Crippen LogP contribution in [0.25, 0.3) is 11.3 Å². The fraction of sp³-hybridized carbons (Fsp3) is 0.286. The van der Waals surface area contributed by atoms with Crippen LogP contribution < -0.4 is 5.73 Å². The number of aromatic nitrogens is 1. The molecule has 5 nitrogen and oxygen atoms in total. The highest BCUT2D eigenvalue weighted by molar-refractivity contribution is 5.93. The normalized spacial score (nSPS) is 10.4. The summed E-state index contributed by atoms with van der Waals surface area (Å²) in [5, 5.41) is 0. The van der Waals surface area contributed by atoms with Crippen LogP contribution in [0.4, 0.5) is 0 Å². The second-order valence-corrected chi connectivity index (χ2v) is 3.99. The van der Waals surface area contributed by atoms with E-state index in [2.05, 4.69) is 4.98 Å². The van der Waals surface area contributed by atoms with Crippen LogP contribution in [-0.2, 0) is 11.2 Å². The van der Waals surface area contributed by atoms with Crippen LogP contribution in [0.2, 0.25) is 0 Å². The molecular weight excluding hydrogens is 244 g/mol. The lowest BCUT2D eigenvalue weighted by atomic mass is 10.1. The predicted molar refractivity (Wildman–Crippen MR) is 70.7 cm³/mol.